The second-order valence-electron chi connectivity index (χ2n) is 6.23. The summed E-state index contributed by atoms with van der Waals surface area (Å²) in [5, 5.41) is 5.58. The fourth-order valence-corrected chi connectivity index (χ4v) is 1.70. The number of carbonyl (C=O) groups is 2. The maximum absolute atomic E-state index is 11.4. The van der Waals surface area contributed by atoms with Crippen LogP contribution in [-0.4, -0.2) is 64.5 Å². The van der Waals surface area contributed by atoms with E-state index in [9.17, 15) is 9.59 Å². The van der Waals surface area contributed by atoms with Crippen molar-refractivity contribution < 1.29 is 23.8 Å². The lowest BCUT2D eigenvalue weighted by Gasteiger charge is -2.09. The second-order valence-corrected chi connectivity index (χ2v) is 6.23. The second kappa shape index (κ2) is 15.4. The Morgan fingerprint density at radius 3 is 1.67 bits per heavy atom. The van der Waals surface area contributed by atoms with Gasteiger partial charge in [0.25, 0.3) is 0 Å². The Labute approximate surface area is 145 Å². The summed E-state index contributed by atoms with van der Waals surface area (Å²) in [7, 11) is 0. The van der Waals surface area contributed by atoms with Gasteiger partial charge in [0.2, 0.25) is 11.8 Å². The maximum Gasteiger partial charge on any atom is 0.222 e. The van der Waals surface area contributed by atoms with Gasteiger partial charge >= 0.3 is 0 Å². The highest BCUT2D eigenvalue weighted by molar-refractivity contribution is 5.77. The number of rotatable bonds is 15. The van der Waals surface area contributed by atoms with Crippen LogP contribution in [0.15, 0.2) is 0 Å². The largest absolute Gasteiger partial charge is 0.377 e. The van der Waals surface area contributed by atoms with Gasteiger partial charge in [-0.2, -0.15) is 0 Å². The standard InChI is InChI=1S/C17H34N2O5/c1-14(2)13-16(20)18-5-7-22-9-11-24-12-10-23-8-6-19-17(21)15(3)4/h14-15H,5-13H2,1-4H3,(H,18,20)(H,19,21). The van der Waals surface area contributed by atoms with Gasteiger partial charge in [-0.1, -0.05) is 27.7 Å². The van der Waals surface area contributed by atoms with Crippen molar-refractivity contribution in [3.63, 3.8) is 0 Å². The van der Waals surface area contributed by atoms with Gasteiger partial charge in [-0.15, -0.1) is 0 Å². The number of ether oxygens (including phenoxy) is 3. The zero-order valence-corrected chi connectivity index (χ0v) is 15.6. The smallest absolute Gasteiger partial charge is 0.222 e. The molecule has 2 N–H and O–H groups in total. The number of hydrogen-bond donors (Lipinski definition) is 2. The summed E-state index contributed by atoms with van der Waals surface area (Å²) in [6.07, 6.45) is 0.546. The van der Waals surface area contributed by atoms with Gasteiger partial charge in [0.1, 0.15) is 0 Å². The van der Waals surface area contributed by atoms with E-state index in [4.69, 9.17) is 14.2 Å². The van der Waals surface area contributed by atoms with Crippen molar-refractivity contribution in [2.45, 2.75) is 34.1 Å². The summed E-state index contributed by atoms with van der Waals surface area (Å²) in [6, 6.07) is 0. The number of nitrogens with one attached hydrogen (secondary N) is 2. The van der Waals surface area contributed by atoms with Gasteiger partial charge in [0, 0.05) is 25.4 Å². The lowest BCUT2D eigenvalue weighted by Crippen LogP contribution is -2.31. The predicted molar refractivity (Wildman–Crippen MR) is 92.8 cm³/mol. The average Bonchev–Trinajstić information content (AvgIpc) is 2.50. The summed E-state index contributed by atoms with van der Waals surface area (Å²) in [5.41, 5.74) is 0. The third-order valence-electron chi connectivity index (χ3n) is 2.98. The van der Waals surface area contributed by atoms with Crippen LogP contribution >= 0.6 is 0 Å². The first-order valence-electron chi connectivity index (χ1n) is 8.71. The van der Waals surface area contributed by atoms with E-state index < -0.39 is 0 Å². The molecule has 0 radical (unpaired) electrons. The summed E-state index contributed by atoms with van der Waals surface area (Å²) >= 11 is 0. The van der Waals surface area contributed by atoms with E-state index in [-0.39, 0.29) is 17.7 Å². The monoisotopic (exact) mass is 346 g/mol. The summed E-state index contributed by atoms with van der Waals surface area (Å²) < 4.78 is 16.0. The predicted octanol–water partition coefficient (Wildman–Crippen LogP) is 0.971. The fraction of sp³-hybridized carbons (Fsp3) is 0.882. The molecule has 0 spiro atoms. The van der Waals surface area contributed by atoms with Gasteiger partial charge < -0.3 is 24.8 Å². The van der Waals surface area contributed by atoms with E-state index in [2.05, 4.69) is 10.6 Å². The topological polar surface area (TPSA) is 85.9 Å². The van der Waals surface area contributed by atoms with E-state index in [1.807, 2.05) is 27.7 Å². The van der Waals surface area contributed by atoms with Gasteiger partial charge in [0.05, 0.1) is 39.6 Å². The number of hydrogen-bond acceptors (Lipinski definition) is 5. The van der Waals surface area contributed by atoms with Crippen molar-refractivity contribution in [3.05, 3.63) is 0 Å². The Morgan fingerprint density at radius 1 is 0.750 bits per heavy atom. The maximum atomic E-state index is 11.4. The van der Waals surface area contributed by atoms with Crippen LogP contribution in [0.3, 0.4) is 0 Å². The highest BCUT2D eigenvalue weighted by Gasteiger charge is 2.04. The van der Waals surface area contributed by atoms with Gasteiger partial charge in [-0.25, -0.2) is 0 Å². The molecule has 0 saturated heterocycles. The molecule has 7 heteroatoms. The molecule has 0 aliphatic carbocycles. The molecular weight excluding hydrogens is 312 g/mol. The van der Waals surface area contributed by atoms with Crippen LogP contribution < -0.4 is 10.6 Å². The van der Waals surface area contributed by atoms with Crippen LogP contribution in [0, 0.1) is 11.8 Å². The number of amides is 2. The Morgan fingerprint density at radius 2 is 1.21 bits per heavy atom. The molecule has 0 atom stereocenters. The first kappa shape index (κ1) is 22.8. The molecule has 0 bridgehead atoms. The van der Waals surface area contributed by atoms with Crippen LogP contribution in [0.5, 0.6) is 0 Å². The quantitative estimate of drug-likeness (QED) is 0.432. The fourth-order valence-electron chi connectivity index (χ4n) is 1.70. The molecule has 7 nitrogen and oxygen atoms in total. The van der Waals surface area contributed by atoms with Crippen molar-refractivity contribution in [1.82, 2.24) is 10.6 Å². The van der Waals surface area contributed by atoms with E-state index in [0.29, 0.717) is 65.1 Å². The summed E-state index contributed by atoms with van der Waals surface area (Å²) in [5.74, 6) is 0.462. The highest BCUT2D eigenvalue weighted by Crippen LogP contribution is 1.97. The van der Waals surface area contributed by atoms with Gasteiger partial charge in [-0.3, -0.25) is 9.59 Å². The molecule has 0 rings (SSSR count). The average molecular weight is 346 g/mol. The SMILES string of the molecule is CC(C)CC(=O)NCCOCCOCCOCCNC(=O)C(C)C. The molecule has 0 aromatic heterocycles. The van der Waals surface area contributed by atoms with Crippen LogP contribution in [0.1, 0.15) is 34.1 Å². The van der Waals surface area contributed by atoms with E-state index >= 15 is 0 Å². The van der Waals surface area contributed by atoms with Crippen LogP contribution in [-0.2, 0) is 23.8 Å². The highest BCUT2D eigenvalue weighted by atomic mass is 16.5. The molecule has 24 heavy (non-hydrogen) atoms. The Balaban J connectivity index is 3.18. The number of carbonyl (C=O) groups excluding carboxylic acids is 2. The molecule has 0 fully saturated rings. The van der Waals surface area contributed by atoms with Crippen molar-refractivity contribution in [3.8, 4) is 0 Å². The summed E-state index contributed by atoms with van der Waals surface area (Å²) in [6.45, 7) is 11.7. The zero-order valence-electron chi connectivity index (χ0n) is 15.6. The van der Waals surface area contributed by atoms with Crippen LogP contribution in [0.2, 0.25) is 0 Å². The lowest BCUT2D eigenvalue weighted by atomic mass is 10.1. The Hall–Kier alpha value is -1.18. The lowest BCUT2D eigenvalue weighted by molar-refractivity contribution is -0.124. The van der Waals surface area contributed by atoms with Crippen molar-refractivity contribution >= 4 is 11.8 Å². The molecule has 0 saturated carbocycles. The zero-order chi connectivity index (χ0) is 18.2. The first-order chi connectivity index (χ1) is 11.4. The van der Waals surface area contributed by atoms with Crippen LogP contribution in [0.4, 0.5) is 0 Å². The first-order valence-corrected chi connectivity index (χ1v) is 8.71. The minimum Gasteiger partial charge on any atom is -0.377 e. The van der Waals surface area contributed by atoms with Crippen molar-refractivity contribution in [2.75, 3.05) is 52.7 Å². The van der Waals surface area contributed by atoms with Crippen LogP contribution in [0.25, 0.3) is 0 Å². The molecule has 0 aliphatic rings. The third kappa shape index (κ3) is 15.7. The van der Waals surface area contributed by atoms with Crippen molar-refractivity contribution in [1.29, 1.82) is 0 Å². The van der Waals surface area contributed by atoms with Crippen molar-refractivity contribution in [2.24, 2.45) is 11.8 Å². The minimum atomic E-state index is -0.00291. The van der Waals surface area contributed by atoms with E-state index in [0.717, 1.165) is 0 Å². The van der Waals surface area contributed by atoms with Gasteiger partial charge in [0.15, 0.2) is 0 Å². The normalized spacial score (nSPS) is 11.1. The molecule has 0 aromatic rings. The molecule has 0 heterocycles. The van der Waals surface area contributed by atoms with E-state index in [1.54, 1.807) is 0 Å². The molecular formula is C17H34N2O5. The summed E-state index contributed by atoms with van der Waals surface area (Å²) in [4.78, 5) is 22.7. The third-order valence-corrected chi connectivity index (χ3v) is 2.98. The molecule has 0 aliphatic heterocycles. The van der Waals surface area contributed by atoms with Gasteiger partial charge in [-0.05, 0) is 5.92 Å². The minimum absolute atomic E-state index is 0.00291. The molecule has 0 unspecified atom stereocenters. The molecule has 0 aromatic carbocycles. The van der Waals surface area contributed by atoms with E-state index in [1.165, 1.54) is 0 Å². The molecule has 2 amide bonds. The Kier molecular flexibility index (Phi) is 14.6. The molecule has 142 valence electrons. The Bertz CT molecular complexity index is 335.